The molecular formula is C16H20ClN5O. The smallest absolute Gasteiger partial charge is 0.275 e. The van der Waals surface area contributed by atoms with Gasteiger partial charge < -0.3 is 10.2 Å². The first-order chi connectivity index (χ1) is 10.8. The van der Waals surface area contributed by atoms with Crippen LogP contribution in [0.5, 0.6) is 0 Å². The molecule has 0 atom stereocenters. The lowest BCUT2D eigenvalue weighted by Gasteiger charge is -2.16. The third kappa shape index (κ3) is 4.71. The fraction of sp³-hybridized carbons (Fsp3) is 0.375. The molecule has 2 aromatic heterocycles. The van der Waals surface area contributed by atoms with Crippen molar-refractivity contribution in [2.24, 2.45) is 0 Å². The van der Waals surface area contributed by atoms with Crippen LogP contribution in [0.2, 0.25) is 0 Å². The number of hydrogen-bond donors (Lipinski definition) is 1. The zero-order valence-electron chi connectivity index (χ0n) is 12.8. The van der Waals surface area contributed by atoms with Crippen molar-refractivity contribution in [2.45, 2.75) is 19.3 Å². The molecule has 7 heteroatoms. The minimum atomic E-state index is -0.261. The van der Waals surface area contributed by atoms with E-state index < -0.39 is 0 Å². The van der Waals surface area contributed by atoms with E-state index in [1.165, 1.54) is 38.3 Å². The lowest BCUT2D eigenvalue weighted by atomic mass is 10.1. The molecule has 0 bridgehead atoms. The third-order valence-electron chi connectivity index (χ3n) is 3.85. The van der Waals surface area contributed by atoms with Crippen molar-refractivity contribution in [3.63, 3.8) is 0 Å². The van der Waals surface area contributed by atoms with E-state index in [-0.39, 0.29) is 18.3 Å². The number of rotatable bonds is 5. The van der Waals surface area contributed by atoms with Crippen molar-refractivity contribution in [3.8, 4) is 0 Å². The maximum Gasteiger partial charge on any atom is 0.275 e. The van der Waals surface area contributed by atoms with E-state index in [2.05, 4.69) is 25.2 Å². The molecule has 0 saturated carbocycles. The first-order valence-electron chi connectivity index (χ1n) is 7.55. The van der Waals surface area contributed by atoms with Gasteiger partial charge in [-0.2, -0.15) is 0 Å². The zero-order chi connectivity index (χ0) is 15.2. The molecule has 0 aliphatic carbocycles. The average molecular weight is 334 g/mol. The number of halogens is 1. The molecule has 2 aromatic rings. The van der Waals surface area contributed by atoms with Gasteiger partial charge in [0.05, 0.1) is 18.1 Å². The minimum Gasteiger partial charge on any atom is -0.319 e. The Morgan fingerprint density at radius 2 is 1.91 bits per heavy atom. The van der Waals surface area contributed by atoms with Crippen LogP contribution in [-0.2, 0) is 6.42 Å². The first-order valence-corrected chi connectivity index (χ1v) is 7.55. The zero-order valence-corrected chi connectivity index (χ0v) is 13.6. The summed E-state index contributed by atoms with van der Waals surface area (Å²) in [4.78, 5) is 26.7. The van der Waals surface area contributed by atoms with Crippen LogP contribution >= 0.6 is 12.4 Å². The molecule has 0 spiro atoms. The molecule has 0 radical (unpaired) electrons. The Balaban J connectivity index is 0.00000192. The van der Waals surface area contributed by atoms with Gasteiger partial charge in [0.2, 0.25) is 0 Å². The van der Waals surface area contributed by atoms with Crippen molar-refractivity contribution >= 4 is 24.0 Å². The lowest BCUT2D eigenvalue weighted by molar-refractivity contribution is 0.102. The molecule has 1 N–H and O–H groups in total. The van der Waals surface area contributed by atoms with Crippen LogP contribution in [-0.4, -0.2) is 45.4 Å². The van der Waals surface area contributed by atoms with Crippen LogP contribution in [0.15, 0.2) is 37.1 Å². The van der Waals surface area contributed by atoms with Crippen molar-refractivity contribution in [3.05, 3.63) is 48.3 Å². The number of pyridine rings is 1. The van der Waals surface area contributed by atoms with E-state index in [0.717, 1.165) is 24.2 Å². The highest BCUT2D eigenvalue weighted by Gasteiger charge is 2.14. The highest BCUT2D eigenvalue weighted by molar-refractivity contribution is 6.02. The van der Waals surface area contributed by atoms with E-state index in [9.17, 15) is 4.79 Å². The van der Waals surface area contributed by atoms with Crippen LogP contribution in [0.4, 0.5) is 5.69 Å². The molecule has 6 nitrogen and oxygen atoms in total. The predicted octanol–water partition coefficient (Wildman–Crippen LogP) is 2.18. The van der Waals surface area contributed by atoms with Crippen LogP contribution in [0.1, 0.15) is 28.9 Å². The molecule has 0 aromatic carbocycles. The summed E-state index contributed by atoms with van der Waals surface area (Å²) in [5, 5.41) is 2.88. The molecule has 1 aliphatic heterocycles. The Labute approximate surface area is 141 Å². The summed E-state index contributed by atoms with van der Waals surface area (Å²) in [6.07, 6.45) is 11.4. The van der Waals surface area contributed by atoms with Gasteiger partial charge in [0.15, 0.2) is 0 Å². The predicted molar refractivity (Wildman–Crippen MR) is 90.8 cm³/mol. The molecule has 1 aliphatic rings. The summed E-state index contributed by atoms with van der Waals surface area (Å²) in [7, 11) is 0. The number of anilines is 1. The van der Waals surface area contributed by atoms with E-state index in [4.69, 9.17) is 0 Å². The number of hydrogen-bond acceptors (Lipinski definition) is 5. The first kappa shape index (κ1) is 17.3. The minimum absolute atomic E-state index is 0. The van der Waals surface area contributed by atoms with Gasteiger partial charge >= 0.3 is 0 Å². The Bertz CT molecular complexity index is 631. The molecular weight excluding hydrogens is 314 g/mol. The molecule has 1 amide bonds. The number of aromatic nitrogens is 3. The van der Waals surface area contributed by atoms with Crippen molar-refractivity contribution in [1.82, 2.24) is 19.9 Å². The van der Waals surface area contributed by atoms with Crippen LogP contribution in [0.3, 0.4) is 0 Å². The van der Waals surface area contributed by atoms with Gasteiger partial charge in [0, 0.05) is 25.1 Å². The topological polar surface area (TPSA) is 71.0 Å². The number of nitrogens with zero attached hydrogens (tertiary/aromatic N) is 4. The second-order valence-corrected chi connectivity index (χ2v) is 5.38. The highest BCUT2D eigenvalue weighted by Crippen LogP contribution is 2.17. The quantitative estimate of drug-likeness (QED) is 0.908. The van der Waals surface area contributed by atoms with Gasteiger partial charge in [-0.1, -0.05) is 0 Å². The fourth-order valence-corrected chi connectivity index (χ4v) is 2.64. The van der Waals surface area contributed by atoms with E-state index in [1.54, 1.807) is 18.6 Å². The molecule has 0 unspecified atom stereocenters. The maximum absolute atomic E-state index is 12.2. The van der Waals surface area contributed by atoms with E-state index >= 15 is 0 Å². The van der Waals surface area contributed by atoms with Gasteiger partial charge in [-0.25, -0.2) is 4.98 Å². The molecule has 23 heavy (non-hydrogen) atoms. The van der Waals surface area contributed by atoms with Gasteiger partial charge in [-0.05, 0) is 44.0 Å². The number of likely N-dealkylation sites (tertiary alicyclic amines) is 1. The summed E-state index contributed by atoms with van der Waals surface area (Å²) in [6.45, 7) is 3.36. The van der Waals surface area contributed by atoms with Gasteiger partial charge in [0.1, 0.15) is 5.69 Å². The number of carbonyl (C=O) groups is 1. The molecule has 3 rings (SSSR count). The van der Waals surface area contributed by atoms with Crippen molar-refractivity contribution < 1.29 is 4.79 Å². The van der Waals surface area contributed by atoms with Gasteiger partial charge in [-0.3, -0.25) is 14.8 Å². The van der Waals surface area contributed by atoms with Crippen LogP contribution in [0.25, 0.3) is 0 Å². The summed E-state index contributed by atoms with van der Waals surface area (Å²) in [6, 6.07) is 1.96. The SMILES string of the molecule is Cl.O=C(Nc1cnccc1CCN1CCCC1)c1cnccn1. The summed E-state index contributed by atoms with van der Waals surface area (Å²) < 4.78 is 0. The number of nitrogens with one attached hydrogen (secondary N) is 1. The van der Waals surface area contributed by atoms with Gasteiger partial charge in [-0.15, -0.1) is 12.4 Å². The molecule has 1 saturated heterocycles. The summed E-state index contributed by atoms with van der Waals surface area (Å²) in [5.74, 6) is -0.261. The van der Waals surface area contributed by atoms with Crippen LogP contribution < -0.4 is 5.32 Å². The highest BCUT2D eigenvalue weighted by atomic mass is 35.5. The summed E-state index contributed by atoms with van der Waals surface area (Å²) >= 11 is 0. The third-order valence-corrected chi connectivity index (χ3v) is 3.85. The number of amides is 1. The normalized spacial score (nSPS) is 14.3. The maximum atomic E-state index is 12.2. The van der Waals surface area contributed by atoms with Gasteiger partial charge in [0.25, 0.3) is 5.91 Å². The molecule has 3 heterocycles. The van der Waals surface area contributed by atoms with E-state index in [0.29, 0.717) is 5.69 Å². The molecule has 1 fully saturated rings. The average Bonchev–Trinajstić information content (AvgIpc) is 3.08. The standard InChI is InChI=1S/C16H19N5O.ClH/c22-16(15-12-18-6-7-19-15)20-14-11-17-5-3-13(14)4-10-21-8-1-2-9-21;/h3,5-7,11-12H,1-2,4,8-10H2,(H,20,22);1H. The number of carbonyl (C=O) groups excluding carboxylic acids is 1. The lowest BCUT2D eigenvalue weighted by Crippen LogP contribution is -2.22. The largest absolute Gasteiger partial charge is 0.319 e. The summed E-state index contributed by atoms with van der Waals surface area (Å²) in [5.41, 5.74) is 2.15. The second kappa shape index (κ2) is 8.55. The fourth-order valence-electron chi connectivity index (χ4n) is 2.64. The second-order valence-electron chi connectivity index (χ2n) is 5.38. The van der Waals surface area contributed by atoms with Crippen molar-refractivity contribution in [2.75, 3.05) is 25.0 Å². The Hall–Kier alpha value is -2.05. The van der Waals surface area contributed by atoms with E-state index in [1.807, 2.05) is 6.07 Å². The monoisotopic (exact) mass is 333 g/mol. The Morgan fingerprint density at radius 1 is 1.13 bits per heavy atom. The Kier molecular flexibility index (Phi) is 6.43. The Morgan fingerprint density at radius 3 is 2.65 bits per heavy atom. The van der Waals surface area contributed by atoms with Crippen molar-refractivity contribution in [1.29, 1.82) is 0 Å². The van der Waals surface area contributed by atoms with Crippen LogP contribution in [0, 0.1) is 0 Å². The molecule has 122 valence electrons.